The van der Waals surface area contributed by atoms with E-state index in [2.05, 4.69) is 4.90 Å². The zero-order valence-corrected chi connectivity index (χ0v) is 15.5. The number of ether oxygens (including phenoxy) is 1. The van der Waals surface area contributed by atoms with E-state index in [9.17, 15) is 9.59 Å². The van der Waals surface area contributed by atoms with Crippen LogP contribution in [-0.2, 0) is 4.79 Å². The molecule has 0 bridgehead atoms. The monoisotopic (exact) mass is 370 g/mol. The number of rotatable bonds is 8. The first-order chi connectivity index (χ1) is 11.6. The van der Waals surface area contributed by atoms with Crippen molar-refractivity contribution < 1.29 is 19.4 Å². The summed E-state index contributed by atoms with van der Waals surface area (Å²) in [5, 5.41) is 8.65. The summed E-state index contributed by atoms with van der Waals surface area (Å²) in [7, 11) is 0. The van der Waals surface area contributed by atoms with Gasteiger partial charge in [0, 0.05) is 32.6 Å². The van der Waals surface area contributed by atoms with Crippen molar-refractivity contribution in [2.24, 2.45) is 0 Å². The van der Waals surface area contributed by atoms with Crippen LogP contribution >= 0.6 is 12.4 Å². The van der Waals surface area contributed by atoms with Gasteiger partial charge in [-0.3, -0.25) is 14.5 Å². The van der Waals surface area contributed by atoms with E-state index in [-0.39, 0.29) is 24.7 Å². The maximum atomic E-state index is 12.7. The first-order valence-corrected chi connectivity index (χ1v) is 8.57. The van der Waals surface area contributed by atoms with E-state index in [0.29, 0.717) is 37.4 Å². The minimum Gasteiger partial charge on any atom is -0.493 e. The molecule has 0 radical (unpaired) electrons. The minimum atomic E-state index is -0.738. The van der Waals surface area contributed by atoms with Gasteiger partial charge in [0.2, 0.25) is 0 Å². The highest BCUT2D eigenvalue weighted by molar-refractivity contribution is 5.97. The fraction of sp³-hybridized carbons (Fsp3) is 0.556. The first kappa shape index (κ1) is 21.3. The van der Waals surface area contributed by atoms with E-state index in [1.807, 2.05) is 36.1 Å². The largest absolute Gasteiger partial charge is 0.493 e. The Balaban J connectivity index is 0.00000312. The molecule has 1 saturated heterocycles. The maximum absolute atomic E-state index is 12.7. The van der Waals surface area contributed by atoms with Crippen LogP contribution in [0.2, 0.25) is 0 Å². The number of benzene rings is 1. The minimum absolute atomic E-state index is 0. The van der Waals surface area contributed by atoms with Crippen molar-refractivity contribution in [2.75, 3.05) is 39.3 Å². The number of hydrogen-bond donors (Lipinski definition) is 1. The van der Waals surface area contributed by atoms with Crippen LogP contribution in [-0.4, -0.2) is 66.1 Å². The molecule has 0 saturated carbocycles. The lowest BCUT2D eigenvalue weighted by Crippen LogP contribution is -2.48. The van der Waals surface area contributed by atoms with E-state index in [1.165, 1.54) is 0 Å². The summed E-state index contributed by atoms with van der Waals surface area (Å²) in [5.74, 6) is -0.0796. The maximum Gasteiger partial charge on any atom is 0.303 e. The predicted molar refractivity (Wildman–Crippen MR) is 98.7 cm³/mol. The number of nitrogens with zero attached hydrogens (tertiary/aromatic N) is 2. The quantitative estimate of drug-likeness (QED) is 0.712. The topological polar surface area (TPSA) is 70.1 Å². The molecule has 1 aliphatic heterocycles. The molecule has 140 valence electrons. The zero-order valence-electron chi connectivity index (χ0n) is 14.6. The molecule has 25 heavy (non-hydrogen) atoms. The third-order valence-electron chi connectivity index (χ3n) is 4.19. The number of carbonyl (C=O) groups excluding carboxylic acids is 1. The number of carboxylic acids is 1. The summed E-state index contributed by atoms with van der Waals surface area (Å²) in [6.07, 6.45) is 1.82. The predicted octanol–water partition coefficient (Wildman–Crippen LogP) is 2.52. The van der Waals surface area contributed by atoms with Crippen LogP contribution < -0.4 is 4.74 Å². The fourth-order valence-electron chi connectivity index (χ4n) is 2.88. The molecule has 1 fully saturated rings. The molecule has 0 spiro atoms. The van der Waals surface area contributed by atoms with E-state index in [1.54, 1.807) is 0 Å². The van der Waals surface area contributed by atoms with Crippen molar-refractivity contribution >= 4 is 24.3 Å². The molecular formula is C18H27ClN2O4. The van der Waals surface area contributed by atoms with Gasteiger partial charge in [0.25, 0.3) is 5.91 Å². The van der Waals surface area contributed by atoms with Crippen LogP contribution in [0, 0.1) is 0 Å². The standard InChI is InChI=1S/C18H26N2O4.ClH/c1-2-24-16-8-4-3-7-15(16)18(23)20-13-11-19(12-14-20)10-6-5-9-17(21)22;/h3-4,7-8H,2,5-6,9-14H2,1H3,(H,21,22);1H. The number of hydrogen-bond acceptors (Lipinski definition) is 4. The number of carboxylic acid groups (broad SMARTS) is 1. The molecule has 2 rings (SSSR count). The molecule has 1 aromatic carbocycles. The van der Waals surface area contributed by atoms with Crippen LogP contribution in [0.4, 0.5) is 0 Å². The summed E-state index contributed by atoms with van der Waals surface area (Å²) < 4.78 is 5.55. The van der Waals surface area contributed by atoms with Gasteiger partial charge in [0.05, 0.1) is 12.2 Å². The molecule has 1 N–H and O–H groups in total. The van der Waals surface area contributed by atoms with E-state index < -0.39 is 5.97 Å². The van der Waals surface area contributed by atoms with Gasteiger partial charge in [-0.25, -0.2) is 0 Å². The van der Waals surface area contributed by atoms with Gasteiger partial charge >= 0.3 is 5.97 Å². The SMILES string of the molecule is CCOc1ccccc1C(=O)N1CCN(CCCCC(=O)O)CC1.Cl. The highest BCUT2D eigenvalue weighted by Crippen LogP contribution is 2.20. The Labute approximate surface area is 155 Å². The zero-order chi connectivity index (χ0) is 17.4. The van der Waals surface area contributed by atoms with Crippen molar-refractivity contribution in [3.05, 3.63) is 29.8 Å². The third kappa shape index (κ3) is 6.55. The van der Waals surface area contributed by atoms with Crippen molar-refractivity contribution in [3.63, 3.8) is 0 Å². The highest BCUT2D eigenvalue weighted by Gasteiger charge is 2.23. The molecule has 0 aliphatic carbocycles. The van der Waals surface area contributed by atoms with Crippen LogP contribution in [0.25, 0.3) is 0 Å². The Hall–Kier alpha value is -1.79. The Kier molecular flexibility index (Phi) is 9.31. The molecular weight excluding hydrogens is 344 g/mol. The lowest BCUT2D eigenvalue weighted by molar-refractivity contribution is -0.137. The number of amides is 1. The van der Waals surface area contributed by atoms with Crippen molar-refractivity contribution in [1.82, 2.24) is 9.80 Å². The smallest absolute Gasteiger partial charge is 0.303 e. The van der Waals surface area contributed by atoms with Crippen molar-refractivity contribution in [3.8, 4) is 5.75 Å². The van der Waals surface area contributed by atoms with Gasteiger partial charge < -0.3 is 14.7 Å². The van der Waals surface area contributed by atoms with Crippen LogP contribution in [0.3, 0.4) is 0 Å². The van der Waals surface area contributed by atoms with Crippen LogP contribution in [0.15, 0.2) is 24.3 Å². The average Bonchev–Trinajstić information content (AvgIpc) is 2.59. The van der Waals surface area contributed by atoms with Crippen LogP contribution in [0.1, 0.15) is 36.5 Å². The van der Waals surface area contributed by atoms with Gasteiger partial charge in [0.15, 0.2) is 0 Å². The lowest BCUT2D eigenvalue weighted by Gasteiger charge is -2.35. The van der Waals surface area contributed by atoms with Crippen molar-refractivity contribution in [1.29, 1.82) is 0 Å². The fourth-order valence-corrected chi connectivity index (χ4v) is 2.88. The van der Waals surface area contributed by atoms with Gasteiger partial charge in [-0.1, -0.05) is 12.1 Å². The number of aliphatic carboxylic acids is 1. The Morgan fingerprint density at radius 1 is 1.12 bits per heavy atom. The Bertz CT molecular complexity index is 560. The summed E-state index contributed by atoms with van der Waals surface area (Å²) in [5.41, 5.74) is 0.620. The molecule has 1 aliphatic rings. The summed E-state index contributed by atoms with van der Waals surface area (Å²) in [4.78, 5) is 27.4. The molecule has 6 nitrogen and oxygen atoms in total. The number of para-hydroxylation sites is 1. The van der Waals surface area contributed by atoms with Crippen LogP contribution in [0.5, 0.6) is 5.75 Å². The van der Waals surface area contributed by atoms with E-state index in [4.69, 9.17) is 9.84 Å². The molecule has 0 atom stereocenters. The second-order valence-electron chi connectivity index (χ2n) is 5.91. The molecule has 0 aromatic heterocycles. The third-order valence-corrected chi connectivity index (χ3v) is 4.19. The van der Waals surface area contributed by atoms with Gasteiger partial charge in [-0.2, -0.15) is 0 Å². The molecule has 0 unspecified atom stereocenters. The normalized spacial score (nSPS) is 14.7. The number of unbranched alkanes of at least 4 members (excludes halogenated alkanes) is 1. The average molecular weight is 371 g/mol. The summed E-state index contributed by atoms with van der Waals surface area (Å²) >= 11 is 0. The summed E-state index contributed by atoms with van der Waals surface area (Å²) in [6, 6.07) is 7.37. The number of piperazine rings is 1. The molecule has 1 aromatic rings. The number of halogens is 1. The molecule has 7 heteroatoms. The number of carbonyl (C=O) groups is 2. The second kappa shape index (κ2) is 10.9. The van der Waals surface area contributed by atoms with Gasteiger partial charge in [-0.15, -0.1) is 12.4 Å². The van der Waals surface area contributed by atoms with Crippen molar-refractivity contribution in [2.45, 2.75) is 26.2 Å². The highest BCUT2D eigenvalue weighted by atomic mass is 35.5. The van der Waals surface area contributed by atoms with Gasteiger partial charge in [-0.05, 0) is 38.4 Å². The Morgan fingerprint density at radius 2 is 1.80 bits per heavy atom. The first-order valence-electron chi connectivity index (χ1n) is 8.57. The lowest BCUT2D eigenvalue weighted by atomic mass is 10.1. The van der Waals surface area contributed by atoms with Gasteiger partial charge in [0.1, 0.15) is 5.75 Å². The molecule has 1 amide bonds. The van der Waals surface area contributed by atoms with E-state index >= 15 is 0 Å². The Morgan fingerprint density at radius 3 is 2.44 bits per heavy atom. The second-order valence-corrected chi connectivity index (χ2v) is 5.91. The molecule has 1 heterocycles. The summed E-state index contributed by atoms with van der Waals surface area (Å²) in [6.45, 7) is 6.38. The van der Waals surface area contributed by atoms with E-state index in [0.717, 1.165) is 26.1 Å².